The van der Waals surface area contributed by atoms with E-state index in [1.54, 1.807) is 0 Å². The molecular weight excluding hydrogens is 282 g/mol. The van der Waals surface area contributed by atoms with Crippen molar-refractivity contribution in [2.45, 2.75) is 37.1 Å². The minimum absolute atomic E-state index is 0.0855. The van der Waals surface area contributed by atoms with E-state index in [0.717, 1.165) is 6.42 Å². The fourth-order valence-electron chi connectivity index (χ4n) is 1.61. The highest BCUT2D eigenvalue weighted by Gasteiger charge is 2.26. The van der Waals surface area contributed by atoms with Gasteiger partial charge in [-0.1, -0.05) is 22.9 Å². The summed E-state index contributed by atoms with van der Waals surface area (Å²) >= 11 is 3.24. The van der Waals surface area contributed by atoms with E-state index in [2.05, 4.69) is 21.2 Å². The van der Waals surface area contributed by atoms with Crippen molar-refractivity contribution in [1.82, 2.24) is 5.32 Å². The Hall–Kier alpha value is -0.100. The van der Waals surface area contributed by atoms with Gasteiger partial charge in [0.25, 0.3) is 0 Å². The number of rotatable bonds is 3. The fraction of sp³-hybridized carbons (Fsp3) is 0.889. The topological polar surface area (TPSA) is 63.2 Å². The van der Waals surface area contributed by atoms with Gasteiger partial charge in [0.2, 0.25) is 5.91 Å². The molecule has 2 atom stereocenters. The molecule has 0 saturated carbocycles. The number of nitrogens with one attached hydrogen (secondary N) is 1. The molecule has 1 amide bonds. The molecule has 1 saturated heterocycles. The molecule has 1 aliphatic rings. The summed E-state index contributed by atoms with van der Waals surface area (Å²) in [6.45, 7) is 1.90. The number of alkyl halides is 1. The summed E-state index contributed by atoms with van der Waals surface area (Å²) in [6.07, 6.45) is 2.10. The zero-order chi connectivity index (χ0) is 11.5. The molecule has 0 spiro atoms. The number of carbonyl (C=O) groups excluding carboxylic acids is 1. The van der Waals surface area contributed by atoms with Gasteiger partial charge in [0.1, 0.15) is 0 Å². The molecule has 88 valence electrons. The average molecular weight is 298 g/mol. The van der Waals surface area contributed by atoms with Crippen LogP contribution in [0.1, 0.15) is 26.2 Å². The molecule has 0 aromatic carbocycles. The Morgan fingerprint density at radius 2 is 2.27 bits per heavy atom. The minimum atomic E-state index is -2.94. The minimum Gasteiger partial charge on any atom is -0.351 e. The summed E-state index contributed by atoms with van der Waals surface area (Å²) in [4.78, 5) is 11.3. The Balaban J connectivity index is 2.49. The normalized spacial score (nSPS) is 26.9. The molecule has 0 radical (unpaired) electrons. The second kappa shape index (κ2) is 5.30. The maximum Gasteiger partial charge on any atom is 0.234 e. The number of hydrogen-bond donors (Lipinski definition) is 1. The third-order valence-corrected chi connectivity index (χ3v) is 5.34. The van der Waals surface area contributed by atoms with Gasteiger partial charge >= 0.3 is 0 Å². The van der Waals surface area contributed by atoms with E-state index in [1.165, 1.54) is 0 Å². The van der Waals surface area contributed by atoms with Gasteiger partial charge in [0.15, 0.2) is 9.84 Å². The van der Waals surface area contributed by atoms with E-state index in [-0.39, 0.29) is 28.3 Å². The fourth-order valence-corrected chi connectivity index (χ4v) is 3.38. The van der Waals surface area contributed by atoms with E-state index < -0.39 is 9.84 Å². The first-order valence-corrected chi connectivity index (χ1v) is 7.83. The Kier molecular flexibility index (Phi) is 4.58. The SMILES string of the molecule is CCC(Br)C(=O)NC1CCCS(=O)(=O)C1. The quantitative estimate of drug-likeness (QED) is 0.786. The summed E-state index contributed by atoms with van der Waals surface area (Å²) in [6, 6.07) is -0.206. The average Bonchev–Trinajstić information content (AvgIpc) is 2.14. The summed E-state index contributed by atoms with van der Waals surface area (Å²) in [5.41, 5.74) is 0. The number of halogens is 1. The van der Waals surface area contributed by atoms with Gasteiger partial charge in [-0.15, -0.1) is 0 Å². The summed E-state index contributed by atoms with van der Waals surface area (Å²) in [5.74, 6) is 0.229. The molecule has 1 rings (SSSR count). The van der Waals surface area contributed by atoms with Crippen LogP contribution < -0.4 is 5.32 Å². The largest absolute Gasteiger partial charge is 0.351 e. The molecule has 1 aliphatic heterocycles. The molecule has 0 aliphatic carbocycles. The molecule has 4 nitrogen and oxygen atoms in total. The molecule has 0 aromatic heterocycles. The Morgan fingerprint density at radius 3 is 2.80 bits per heavy atom. The molecule has 0 bridgehead atoms. The van der Waals surface area contributed by atoms with Gasteiger partial charge in [0.05, 0.1) is 16.3 Å². The summed E-state index contributed by atoms with van der Waals surface area (Å²) in [5, 5.41) is 2.76. The van der Waals surface area contributed by atoms with Gasteiger partial charge in [-0.2, -0.15) is 0 Å². The van der Waals surface area contributed by atoms with Crippen molar-refractivity contribution in [1.29, 1.82) is 0 Å². The summed E-state index contributed by atoms with van der Waals surface area (Å²) < 4.78 is 22.6. The smallest absolute Gasteiger partial charge is 0.234 e. The second-order valence-electron chi connectivity index (χ2n) is 3.84. The Morgan fingerprint density at radius 1 is 1.60 bits per heavy atom. The van der Waals surface area contributed by atoms with Crippen LogP contribution in [0.25, 0.3) is 0 Å². The maximum absolute atomic E-state index is 11.5. The van der Waals surface area contributed by atoms with Crippen molar-refractivity contribution in [3.05, 3.63) is 0 Å². The second-order valence-corrected chi connectivity index (χ2v) is 7.17. The number of carbonyl (C=O) groups is 1. The van der Waals surface area contributed by atoms with Crippen molar-refractivity contribution < 1.29 is 13.2 Å². The van der Waals surface area contributed by atoms with E-state index in [0.29, 0.717) is 12.8 Å². The van der Waals surface area contributed by atoms with Gasteiger partial charge in [-0.05, 0) is 19.3 Å². The first kappa shape index (κ1) is 13.0. The predicted molar refractivity (Wildman–Crippen MR) is 62.8 cm³/mol. The molecule has 2 unspecified atom stereocenters. The number of amides is 1. The van der Waals surface area contributed by atoms with Crippen LogP contribution in [0.2, 0.25) is 0 Å². The van der Waals surface area contributed by atoms with Crippen LogP contribution in [0.3, 0.4) is 0 Å². The van der Waals surface area contributed by atoms with Crippen LogP contribution in [-0.4, -0.2) is 36.7 Å². The van der Waals surface area contributed by atoms with Gasteiger partial charge < -0.3 is 5.32 Å². The predicted octanol–water partition coefficient (Wildman–Crippen LogP) is 0.853. The van der Waals surface area contributed by atoms with Gasteiger partial charge in [-0.3, -0.25) is 4.79 Å². The zero-order valence-corrected chi connectivity index (χ0v) is 11.1. The van der Waals surface area contributed by atoms with Crippen molar-refractivity contribution in [2.75, 3.05) is 11.5 Å². The first-order chi connectivity index (χ1) is 6.94. The Labute approximate surface area is 98.9 Å². The highest BCUT2D eigenvalue weighted by molar-refractivity contribution is 9.10. The van der Waals surface area contributed by atoms with E-state index in [9.17, 15) is 13.2 Å². The number of sulfone groups is 1. The van der Waals surface area contributed by atoms with Crippen molar-refractivity contribution in [3.63, 3.8) is 0 Å². The molecular formula is C9H16BrNO3S. The number of hydrogen-bond acceptors (Lipinski definition) is 3. The highest BCUT2D eigenvalue weighted by atomic mass is 79.9. The van der Waals surface area contributed by atoms with Crippen LogP contribution in [0.5, 0.6) is 0 Å². The van der Waals surface area contributed by atoms with E-state index in [1.807, 2.05) is 6.92 Å². The standard InChI is InChI=1S/C9H16BrNO3S/c1-2-8(10)9(12)11-7-4-3-5-15(13,14)6-7/h7-8H,2-6H2,1H3,(H,11,12). The lowest BCUT2D eigenvalue weighted by Gasteiger charge is -2.23. The molecule has 1 fully saturated rings. The molecule has 6 heteroatoms. The van der Waals surface area contributed by atoms with Gasteiger partial charge in [-0.25, -0.2) is 8.42 Å². The lowest BCUT2D eigenvalue weighted by molar-refractivity contribution is -0.121. The van der Waals surface area contributed by atoms with Crippen LogP contribution in [0, 0.1) is 0 Å². The molecule has 1 N–H and O–H groups in total. The van der Waals surface area contributed by atoms with E-state index >= 15 is 0 Å². The van der Waals surface area contributed by atoms with Crippen LogP contribution >= 0.6 is 15.9 Å². The monoisotopic (exact) mass is 297 g/mol. The van der Waals surface area contributed by atoms with Gasteiger partial charge in [0, 0.05) is 6.04 Å². The molecule has 15 heavy (non-hydrogen) atoms. The summed E-state index contributed by atoms with van der Waals surface area (Å²) in [7, 11) is -2.94. The third kappa shape index (κ3) is 4.10. The van der Waals surface area contributed by atoms with Crippen LogP contribution in [0.4, 0.5) is 0 Å². The zero-order valence-electron chi connectivity index (χ0n) is 8.70. The molecule has 1 heterocycles. The maximum atomic E-state index is 11.5. The third-order valence-electron chi connectivity index (χ3n) is 2.45. The van der Waals surface area contributed by atoms with Crippen molar-refractivity contribution in [2.24, 2.45) is 0 Å². The lowest BCUT2D eigenvalue weighted by atomic mass is 10.2. The highest BCUT2D eigenvalue weighted by Crippen LogP contribution is 2.13. The van der Waals surface area contributed by atoms with Crippen molar-refractivity contribution in [3.8, 4) is 0 Å². The molecule has 0 aromatic rings. The Bertz CT molecular complexity index is 328. The first-order valence-electron chi connectivity index (χ1n) is 5.09. The lowest BCUT2D eigenvalue weighted by Crippen LogP contribution is -2.45. The van der Waals surface area contributed by atoms with Crippen LogP contribution in [-0.2, 0) is 14.6 Å². The van der Waals surface area contributed by atoms with E-state index in [4.69, 9.17) is 0 Å². The van der Waals surface area contributed by atoms with Crippen LogP contribution in [0.15, 0.2) is 0 Å². The van der Waals surface area contributed by atoms with Crippen molar-refractivity contribution >= 4 is 31.7 Å².